The Kier molecular flexibility index (Phi) is 6.24. The van der Waals surface area contributed by atoms with Crippen LogP contribution in [0.2, 0.25) is 5.02 Å². The second kappa shape index (κ2) is 9.11. The third kappa shape index (κ3) is 4.78. The Hall–Kier alpha value is -3.58. The van der Waals surface area contributed by atoms with Crippen LogP contribution in [0.15, 0.2) is 56.3 Å². The molecule has 0 fully saturated rings. The van der Waals surface area contributed by atoms with Crippen LogP contribution in [0, 0.1) is 13.8 Å². The lowest BCUT2D eigenvalue weighted by molar-refractivity contribution is -0.141. The van der Waals surface area contributed by atoms with Crippen molar-refractivity contribution in [2.45, 2.75) is 39.2 Å². The van der Waals surface area contributed by atoms with Gasteiger partial charge in [0.2, 0.25) is 5.91 Å². The van der Waals surface area contributed by atoms with Crippen LogP contribution in [0.3, 0.4) is 0 Å². The average molecular weight is 468 g/mol. The van der Waals surface area contributed by atoms with E-state index in [1.165, 1.54) is 0 Å². The third-order valence-electron chi connectivity index (χ3n) is 5.76. The molecule has 2 heterocycles. The van der Waals surface area contributed by atoms with E-state index in [1.54, 1.807) is 36.6 Å². The Morgan fingerprint density at radius 3 is 2.52 bits per heavy atom. The van der Waals surface area contributed by atoms with Crippen LogP contribution in [0.4, 0.5) is 0 Å². The zero-order valence-corrected chi connectivity index (χ0v) is 18.9. The molecular weight excluding hydrogens is 446 g/mol. The molecule has 0 aliphatic rings. The van der Waals surface area contributed by atoms with Crippen molar-refractivity contribution in [1.82, 2.24) is 5.32 Å². The molecule has 1 amide bonds. The molecule has 4 aromatic rings. The smallest absolute Gasteiger partial charge is 0.339 e. The molecular formula is C25H22ClNO6. The summed E-state index contributed by atoms with van der Waals surface area (Å²) in [6.07, 6.45) is 1.85. The minimum atomic E-state index is -1.14. The number of benzene rings is 2. The number of fused-ring (bicyclic) bond motifs is 2. The van der Waals surface area contributed by atoms with Gasteiger partial charge >= 0.3 is 11.6 Å². The van der Waals surface area contributed by atoms with Crippen LogP contribution in [-0.2, 0) is 22.4 Å². The predicted octanol–water partition coefficient (Wildman–Crippen LogP) is 4.55. The van der Waals surface area contributed by atoms with Gasteiger partial charge in [-0.2, -0.15) is 0 Å². The van der Waals surface area contributed by atoms with E-state index >= 15 is 0 Å². The average Bonchev–Trinajstić information content (AvgIpc) is 3.13. The Morgan fingerprint density at radius 1 is 1.09 bits per heavy atom. The lowest BCUT2D eigenvalue weighted by Gasteiger charge is -2.15. The van der Waals surface area contributed by atoms with Gasteiger partial charge in [0.05, 0.1) is 6.26 Å². The summed E-state index contributed by atoms with van der Waals surface area (Å²) < 4.78 is 11.0. The Balaban J connectivity index is 1.50. The number of carbonyl (C=O) groups excluding carboxylic acids is 1. The fraction of sp³-hybridized carbons (Fsp3) is 0.240. The maximum atomic E-state index is 12.6. The first kappa shape index (κ1) is 22.6. The number of carboxylic acids is 1. The van der Waals surface area contributed by atoms with E-state index in [4.69, 9.17) is 20.4 Å². The standard InChI is InChI=1S/C25H22ClNO6/c1-13-12-32-21-11-22-19(10-18(13)21)14(2)17(25(31)33-22)7-8-23(28)27-20(24(29)30)9-15-3-5-16(26)6-4-15/h3-6,10-12,20H,7-9H2,1-2H3,(H,27,28)(H,29,30). The van der Waals surface area contributed by atoms with Crippen LogP contribution >= 0.6 is 11.6 Å². The van der Waals surface area contributed by atoms with Gasteiger partial charge in [-0.1, -0.05) is 23.7 Å². The lowest BCUT2D eigenvalue weighted by atomic mass is 10.0. The number of hydrogen-bond acceptors (Lipinski definition) is 5. The molecule has 0 aliphatic carbocycles. The van der Waals surface area contributed by atoms with Gasteiger partial charge in [0.15, 0.2) is 0 Å². The SMILES string of the molecule is Cc1coc2cc3oc(=O)c(CCC(=O)NC(Cc4ccc(Cl)cc4)C(=O)O)c(C)c3cc12. The fourth-order valence-corrected chi connectivity index (χ4v) is 4.01. The van der Waals surface area contributed by atoms with Crippen molar-refractivity contribution in [1.29, 1.82) is 0 Å². The third-order valence-corrected chi connectivity index (χ3v) is 6.02. The zero-order chi connectivity index (χ0) is 23.7. The monoisotopic (exact) mass is 467 g/mol. The minimum Gasteiger partial charge on any atom is -0.480 e. The van der Waals surface area contributed by atoms with Crippen molar-refractivity contribution in [2.75, 3.05) is 0 Å². The summed E-state index contributed by atoms with van der Waals surface area (Å²) in [5.74, 6) is -1.60. The van der Waals surface area contributed by atoms with Gasteiger partial charge < -0.3 is 19.3 Å². The molecule has 0 radical (unpaired) electrons. The highest BCUT2D eigenvalue weighted by atomic mass is 35.5. The largest absolute Gasteiger partial charge is 0.480 e. The second-order valence-electron chi connectivity index (χ2n) is 8.05. The molecule has 0 saturated carbocycles. The molecule has 0 bridgehead atoms. The van der Waals surface area contributed by atoms with Gasteiger partial charge in [0.25, 0.3) is 0 Å². The first-order valence-electron chi connectivity index (χ1n) is 10.4. The Labute approximate surface area is 194 Å². The summed E-state index contributed by atoms with van der Waals surface area (Å²) in [6.45, 7) is 3.74. The number of carboxylic acid groups (broad SMARTS) is 1. The number of amides is 1. The van der Waals surface area contributed by atoms with E-state index < -0.39 is 23.5 Å². The van der Waals surface area contributed by atoms with E-state index in [2.05, 4.69) is 5.32 Å². The number of halogens is 1. The van der Waals surface area contributed by atoms with E-state index in [-0.39, 0.29) is 19.3 Å². The number of nitrogens with one attached hydrogen (secondary N) is 1. The number of carbonyl (C=O) groups is 2. The van der Waals surface area contributed by atoms with E-state index in [0.29, 0.717) is 21.8 Å². The highest BCUT2D eigenvalue weighted by Crippen LogP contribution is 2.29. The quantitative estimate of drug-likeness (QED) is 0.386. The maximum Gasteiger partial charge on any atom is 0.339 e. The van der Waals surface area contributed by atoms with Crippen LogP contribution in [0.25, 0.3) is 21.9 Å². The van der Waals surface area contributed by atoms with Gasteiger partial charge in [-0.3, -0.25) is 4.79 Å². The fourth-order valence-electron chi connectivity index (χ4n) is 3.89. The van der Waals surface area contributed by atoms with E-state index in [1.807, 2.05) is 19.9 Å². The van der Waals surface area contributed by atoms with Crippen molar-refractivity contribution >= 4 is 45.4 Å². The molecule has 2 aromatic heterocycles. The molecule has 0 saturated heterocycles. The maximum absolute atomic E-state index is 12.6. The molecule has 0 aliphatic heterocycles. The molecule has 0 spiro atoms. The first-order valence-corrected chi connectivity index (χ1v) is 10.8. The van der Waals surface area contributed by atoms with Gasteiger partial charge in [-0.05, 0) is 55.2 Å². The van der Waals surface area contributed by atoms with Crippen molar-refractivity contribution in [3.05, 3.63) is 80.4 Å². The van der Waals surface area contributed by atoms with Crippen molar-refractivity contribution < 1.29 is 23.5 Å². The molecule has 33 heavy (non-hydrogen) atoms. The van der Waals surface area contributed by atoms with Crippen LogP contribution < -0.4 is 10.9 Å². The minimum absolute atomic E-state index is 0.0471. The predicted molar refractivity (Wildman–Crippen MR) is 125 cm³/mol. The summed E-state index contributed by atoms with van der Waals surface area (Å²) in [5, 5.41) is 14.3. The highest BCUT2D eigenvalue weighted by molar-refractivity contribution is 6.30. The van der Waals surface area contributed by atoms with Gasteiger partial charge in [-0.15, -0.1) is 0 Å². The number of furan rings is 1. The van der Waals surface area contributed by atoms with Gasteiger partial charge in [-0.25, -0.2) is 9.59 Å². The van der Waals surface area contributed by atoms with Crippen LogP contribution in [0.1, 0.15) is 28.7 Å². The van der Waals surface area contributed by atoms with Gasteiger partial charge in [0.1, 0.15) is 17.2 Å². The highest BCUT2D eigenvalue weighted by Gasteiger charge is 2.21. The summed E-state index contributed by atoms with van der Waals surface area (Å²) in [5.41, 5.74) is 3.36. The van der Waals surface area contributed by atoms with Crippen molar-refractivity contribution in [3.63, 3.8) is 0 Å². The van der Waals surface area contributed by atoms with E-state index in [9.17, 15) is 19.5 Å². The second-order valence-corrected chi connectivity index (χ2v) is 8.48. The Bertz CT molecular complexity index is 1420. The normalized spacial score (nSPS) is 12.2. The number of hydrogen-bond donors (Lipinski definition) is 2. The molecule has 4 rings (SSSR count). The first-order chi connectivity index (χ1) is 15.7. The zero-order valence-electron chi connectivity index (χ0n) is 18.1. The molecule has 1 atom stereocenters. The number of aliphatic carboxylic acids is 1. The number of rotatable bonds is 7. The molecule has 8 heteroatoms. The summed E-state index contributed by atoms with van der Waals surface area (Å²) in [7, 11) is 0. The molecule has 7 nitrogen and oxygen atoms in total. The summed E-state index contributed by atoms with van der Waals surface area (Å²) in [4.78, 5) is 36.7. The van der Waals surface area contributed by atoms with Crippen molar-refractivity contribution in [3.8, 4) is 0 Å². The van der Waals surface area contributed by atoms with Crippen LogP contribution in [0.5, 0.6) is 0 Å². The van der Waals surface area contributed by atoms with Crippen molar-refractivity contribution in [2.24, 2.45) is 0 Å². The summed E-state index contributed by atoms with van der Waals surface area (Å²) in [6, 6.07) is 9.27. The molecule has 2 N–H and O–H groups in total. The topological polar surface area (TPSA) is 110 Å². The number of aryl methyl sites for hydroxylation is 2. The van der Waals surface area contributed by atoms with Crippen LogP contribution in [-0.4, -0.2) is 23.0 Å². The molecule has 170 valence electrons. The summed E-state index contributed by atoms with van der Waals surface area (Å²) >= 11 is 5.86. The Morgan fingerprint density at radius 2 is 1.82 bits per heavy atom. The lowest BCUT2D eigenvalue weighted by Crippen LogP contribution is -2.42. The molecule has 2 aromatic carbocycles. The molecule has 1 unspecified atom stereocenters. The van der Waals surface area contributed by atoms with Gasteiger partial charge in [0, 0.05) is 40.3 Å². The van der Waals surface area contributed by atoms with E-state index in [0.717, 1.165) is 27.5 Å².